The Kier molecular flexibility index (Phi) is 4.49. The molecule has 1 aliphatic heterocycles. The van der Waals surface area contributed by atoms with E-state index in [0.29, 0.717) is 24.7 Å². The normalized spacial score (nSPS) is 14.4. The van der Waals surface area contributed by atoms with E-state index < -0.39 is 0 Å². The van der Waals surface area contributed by atoms with Crippen molar-refractivity contribution in [2.24, 2.45) is 0 Å². The molecule has 4 heterocycles. The first-order valence-corrected chi connectivity index (χ1v) is 8.77. The average Bonchev–Trinajstić information content (AvgIpc) is 3.03. The molecule has 0 saturated carbocycles. The van der Waals surface area contributed by atoms with Crippen LogP contribution in [0.2, 0.25) is 0 Å². The van der Waals surface area contributed by atoms with Crippen molar-refractivity contribution in [3.05, 3.63) is 53.4 Å². The molecule has 3 aromatic heterocycles. The van der Waals surface area contributed by atoms with Crippen LogP contribution in [0.25, 0.3) is 11.2 Å². The maximum absolute atomic E-state index is 14.5. The van der Waals surface area contributed by atoms with Gasteiger partial charge < -0.3 is 19.8 Å². The number of aryl methyl sites for hydroxylation is 1. The summed E-state index contributed by atoms with van der Waals surface area (Å²) >= 11 is 0. The molecule has 0 aliphatic carbocycles. The number of halogens is 1. The highest BCUT2D eigenvalue weighted by molar-refractivity contribution is 5.87. The molecule has 4 rings (SSSR count). The molecule has 2 N–H and O–H groups in total. The van der Waals surface area contributed by atoms with E-state index in [-0.39, 0.29) is 11.9 Å². The Morgan fingerprint density at radius 2 is 2.22 bits per heavy atom. The minimum absolute atomic E-state index is 0.0902. The highest BCUT2D eigenvalue weighted by atomic mass is 19.1. The first kappa shape index (κ1) is 17.4. The van der Waals surface area contributed by atoms with Gasteiger partial charge in [-0.3, -0.25) is 0 Å². The maximum Gasteiger partial charge on any atom is 0.224 e. The number of hydrogen-bond donors (Lipinski definition) is 2. The highest BCUT2D eigenvalue weighted by Crippen LogP contribution is 2.32. The molecule has 8 heteroatoms. The minimum Gasteiger partial charge on any atom is -0.383 e. The molecule has 140 valence electrons. The average molecular weight is 368 g/mol. The number of imidazole rings is 1. The fraction of sp³-hybridized carbons (Fsp3) is 0.316. The Hall–Kier alpha value is -3.00. The van der Waals surface area contributed by atoms with Gasteiger partial charge >= 0.3 is 0 Å². The van der Waals surface area contributed by atoms with Crippen molar-refractivity contribution in [2.75, 3.05) is 30.9 Å². The van der Waals surface area contributed by atoms with Crippen LogP contribution in [0.15, 0.2) is 30.7 Å². The van der Waals surface area contributed by atoms with Crippen molar-refractivity contribution < 1.29 is 9.13 Å². The molecule has 0 amide bonds. The maximum atomic E-state index is 14.5. The van der Waals surface area contributed by atoms with Crippen LogP contribution in [0.1, 0.15) is 23.7 Å². The van der Waals surface area contributed by atoms with Crippen molar-refractivity contribution in [1.29, 1.82) is 0 Å². The zero-order chi connectivity index (χ0) is 19.0. The van der Waals surface area contributed by atoms with Gasteiger partial charge in [0, 0.05) is 55.1 Å². The number of nitrogens with one attached hydrogen (secondary N) is 2. The lowest BCUT2D eigenvalue weighted by atomic mass is 9.98. The molecule has 0 saturated heterocycles. The SMILES string of the molecule is COC[C@H](C)Nc1ncc2c(n1)NCC=C2c1cc(F)c2ncc(C)n2c1. The van der Waals surface area contributed by atoms with Crippen LogP contribution in [0, 0.1) is 12.7 Å². The fourth-order valence-electron chi connectivity index (χ4n) is 3.24. The Morgan fingerprint density at radius 3 is 3.04 bits per heavy atom. The summed E-state index contributed by atoms with van der Waals surface area (Å²) in [6, 6.07) is 1.60. The summed E-state index contributed by atoms with van der Waals surface area (Å²) in [7, 11) is 1.66. The largest absolute Gasteiger partial charge is 0.383 e. The second kappa shape index (κ2) is 6.96. The first-order chi connectivity index (χ1) is 13.1. The number of pyridine rings is 1. The summed E-state index contributed by atoms with van der Waals surface area (Å²) in [6.07, 6.45) is 7.33. The van der Waals surface area contributed by atoms with Crippen molar-refractivity contribution in [1.82, 2.24) is 19.4 Å². The van der Waals surface area contributed by atoms with Gasteiger partial charge in [0.1, 0.15) is 5.82 Å². The predicted molar refractivity (Wildman–Crippen MR) is 102 cm³/mol. The molecule has 0 unspecified atom stereocenters. The molecule has 3 aromatic rings. The van der Waals surface area contributed by atoms with E-state index in [1.54, 1.807) is 23.9 Å². The molecular weight excluding hydrogens is 347 g/mol. The van der Waals surface area contributed by atoms with Crippen LogP contribution in [-0.2, 0) is 4.74 Å². The van der Waals surface area contributed by atoms with Crippen LogP contribution in [0.5, 0.6) is 0 Å². The third-order valence-electron chi connectivity index (χ3n) is 4.50. The molecule has 0 radical (unpaired) electrons. The molecule has 0 bridgehead atoms. The lowest BCUT2D eigenvalue weighted by molar-refractivity contribution is 0.190. The molecule has 1 aliphatic rings. The summed E-state index contributed by atoms with van der Waals surface area (Å²) in [5.41, 5.74) is 3.70. The Morgan fingerprint density at radius 1 is 1.37 bits per heavy atom. The molecular formula is C19H21FN6O. The quantitative estimate of drug-likeness (QED) is 0.721. The second-order valence-corrected chi connectivity index (χ2v) is 6.63. The van der Waals surface area contributed by atoms with E-state index in [2.05, 4.69) is 25.6 Å². The highest BCUT2D eigenvalue weighted by Gasteiger charge is 2.19. The van der Waals surface area contributed by atoms with Crippen molar-refractivity contribution >= 4 is 23.0 Å². The topological polar surface area (TPSA) is 76.4 Å². The van der Waals surface area contributed by atoms with Crippen LogP contribution in [0.4, 0.5) is 16.2 Å². The monoisotopic (exact) mass is 368 g/mol. The summed E-state index contributed by atoms with van der Waals surface area (Å²) in [5, 5.41) is 6.46. The van der Waals surface area contributed by atoms with E-state index in [1.807, 2.05) is 26.1 Å². The van der Waals surface area contributed by atoms with E-state index in [4.69, 9.17) is 4.74 Å². The van der Waals surface area contributed by atoms with Gasteiger partial charge in [0.15, 0.2) is 11.5 Å². The van der Waals surface area contributed by atoms with Gasteiger partial charge in [0.2, 0.25) is 5.95 Å². The number of fused-ring (bicyclic) bond motifs is 2. The minimum atomic E-state index is -0.353. The van der Waals surface area contributed by atoms with Gasteiger partial charge in [0.25, 0.3) is 0 Å². The standard InChI is InChI=1S/C19H21FN6O/c1-11(10-27-3)24-19-23-8-15-14(4-5-21-17(15)25-19)13-6-16(20)18-22-7-12(2)26(18)9-13/h4,6-9,11H,5,10H2,1-3H3,(H2,21,23,24,25)/t11-/m0/s1. The molecule has 0 aromatic carbocycles. The summed E-state index contributed by atoms with van der Waals surface area (Å²) < 4.78 is 21.4. The van der Waals surface area contributed by atoms with Crippen molar-refractivity contribution in [3.8, 4) is 0 Å². The van der Waals surface area contributed by atoms with Gasteiger partial charge in [-0.25, -0.2) is 14.4 Å². The van der Waals surface area contributed by atoms with Gasteiger partial charge in [-0.15, -0.1) is 0 Å². The third kappa shape index (κ3) is 3.23. The predicted octanol–water partition coefficient (Wildman–Crippen LogP) is 2.88. The summed E-state index contributed by atoms with van der Waals surface area (Å²) in [6.45, 7) is 5.06. The number of rotatable bonds is 5. The van der Waals surface area contributed by atoms with Gasteiger partial charge in [-0.05, 0) is 25.5 Å². The molecule has 27 heavy (non-hydrogen) atoms. The number of methoxy groups -OCH3 is 1. The van der Waals surface area contributed by atoms with Crippen LogP contribution < -0.4 is 10.6 Å². The van der Waals surface area contributed by atoms with Crippen molar-refractivity contribution in [2.45, 2.75) is 19.9 Å². The van der Waals surface area contributed by atoms with E-state index in [1.165, 1.54) is 6.07 Å². The molecule has 0 spiro atoms. The third-order valence-corrected chi connectivity index (χ3v) is 4.50. The smallest absolute Gasteiger partial charge is 0.224 e. The lowest BCUT2D eigenvalue weighted by Gasteiger charge is -2.20. The second-order valence-electron chi connectivity index (χ2n) is 6.63. The molecule has 0 fully saturated rings. The first-order valence-electron chi connectivity index (χ1n) is 8.77. The number of ether oxygens (including phenoxy) is 1. The zero-order valence-corrected chi connectivity index (χ0v) is 15.5. The number of aromatic nitrogens is 4. The van der Waals surface area contributed by atoms with E-state index in [9.17, 15) is 4.39 Å². The van der Waals surface area contributed by atoms with Crippen molar-refractivity contribution in [3.63, 3.8) is 0 Å². The van der Waals surface area contributed by atoms with Crippen LogP contribution >= 0.6 is 0 Å². The number of nitrogens with zero attached hydrogens (tertiary/aromatic N) is 4. The van der Waals surface area contributed by atoms with Gasteiger partial charge in [-0.1, -0.05) is 6.08 Å². The summed E-state index contributed by atoms with van der Waals surface area (Å²) in [4.78, 5) is 13.1. The molecule has 7 nitrogen and oxygen atoms in total. The summed E-state index contributed by atoms with van der Waals surface area (Å²) in [5.74, 6) is 0.894. The Bertz CT molecular complexity index is 1030. The molecule has 1 atom stereocenters. The van der Waals surface area contributed by atoms with Crippen LogP contribution in [-0.4, -0.2) is 45.7 Å². The lowest BCUT2D eigenvalue weighted by Crippen LogP contribution is -2.23. The van der Waals surface area contributed by atoms with E-state index >= 15 is 0 Å². The van der Waals surface area contributed by atoms with Gasteiger partial charge in [0.05, 0.1) is 6.61 Å². The van der Waals surface area contributed by atoms with Crippen LogP contribution in [0.3, 0.4) is 0 Å². The Balaban J connectivity index is 1.71. The van der Waals surface area contributed by atoms with Gasteiger partial charge in [-0.2, -0.15) is 4.98 Å². The fourth-order valence-corrected chi connectivity index (χ4v) is 3.24. The number of hydrogen-bond acceptors (Lipinski definition) is 6. The number of anilines is 2. The zero-order valence-electron chi connectivity index (χ0n) is 15.5. The Labute approximate surface area is 156 Å². The van der Waals surface area contributed by atoms with E-state index in [0.717, 1.165) is 28.2 Å².